The van der Waals surface area contributed by atoms with Crippen molar-refractivity contribution in [3.05, 3.63) is 0 Å². The third-order valence-electron chi connectivity index (χ3n) is 1.61. The van der Waals surface area contributed by atoms with E-state index in [-0.39, 0.29) is 19.1 Å². The zero-order valence-electron chi connectivity index (χ0n) is 7.64. The molecule has 0 rings (SSSR count). The molecule has 82 valence electrons. The molecular weight excluding hydrogens is 190 g/mol. The molecule has 0 amide bonds. The Hall–Kier alpha value is -1.18. The largest absolute Gasteiger partial charge is 0.481 e. The Morgan fingerprint density at radius 2 is 1.93 bits per heavy atom. The molecule has 0 aliphatic carbocycles. The highest BCUT2D eigenvalue weighted by Crippen LogP contribution is 1.92. The molecule has 0 aromatic carbocycles. The first kappa shape index (κ1) is 12.8. The van der Waals surface area contributed by atoms with Gasteiger partial charge in [-0.1, -0.05) is 0 Å². The van der Waals surface area contributed by atoms with Crippen LogP contribution >= 0.6 is 0 Å². The summed E-state index contributed by atoms with van der Waals surface area (Å²) in [5, 5.41) is 19.5. The minimum absolute atomic E-state index is 0.181. The van der Waals surface area contributed by atoms with Crippen LogP contribution in [0.15, 0.2) is 0 Å². The molecule has 2 atom stereocenters. The van der Waals surface area contributed by atoms with Crippen LogP contribution in [0.4, 0.5) is 0 Å². The van der Waals surface area contributed by atoms with E-state index in [1.165, 1.54) is 0 Å². The second-order valence-corrected chi connectivity index (χ2v) is 2.89. The number of hydrogen-bond acceptors (Lipinski definition) is 5. The molecule has 7 heteroatoms. The van der Waals surface area contributed by atoms with E-state index in [0.717, 1.165) is 0 Å². The SMILES string of the molecule is NC[C@H](N)CN[C@@H](CC(=O)O)C(=O)O. The summed E-state index contributed by atoms with van der Waals surface area (Å²) in [5.74, 6) is -2.39. The quantitative estimate of drug-likeness (QED) is 0.317. The van der Waals surface area contributed by atoms with E-state index in [1.807, 2.05) is 0 Å². The van der Waals surface area contributed by atoms with Crippen molar-refractivity contribution in [3.63, 3.8) is 0 Å². The predicted molar refractivity (Wildman–Crippen MR) is 48.7 cm³/mol. The Balaban J connectivity index is 3.97. The van der Waals surface area contributed by atoms with Crippen LogP contribution in [0.25, 0.3) is 0 Å². The molecule has 0 aliphatic heterocycles. The van der Waals surface area contributed by atoms with Crippen molar-refractivity contribution in [3.8, 4) is 0 Å². The van der Waals surface area contributed by atoms with Gasteiger partial charge in [0, 0.05) is 19.1 Å². The highest BCUT2D eigenvalue weighted by molar-refractivity contribution is 5.80. The normalized spacial score (nSPS) is 14.7. The molecular formula is C7H15N3O4. The van der Waals surface area contributed by atoms with Crippen LogP contribution in [-0.4, -0.2) is 47.3 Å². The van der Waals surface area contributed by atoms with Crippen LogP contribution in [0.1, 0.15) is 6.42 Å². The van der Waals surface area contributed by atoms with Crippen LogP contribution in [0.5, 0.6) is 0 Å². The van der Waals surface area contributed by atoms with E-state index in [1.54, 1.807) is 0 Å². The second-order valence-electron chi connectivity index (χ2n) is 2.89. The van der Waals surface area contributed by atoms with Crippen molar-refractivity contribution in [1.29, 1.82) is 0 Å². The van der Waals surface area contributed by atoms with Gasteiger partial charge < -0.3 is 27.0 Å². The molecule has 0 saturated carbocycles. The topological polar surface area (TPSA) is 139 Å². The summed E-state index contributed by atoms with van der Waals surface area (Å²) in [6, 6.07) is -1.49. The Kier molecular flexibility index (Phi) is 5.77. The van der Waals surface area contributed by atoms with Crippen LogP contribution in [0.2, 0.25) is 0 Å². The Bertz CT molecular complexity index is 209. The summed E-state index contributed by atoms with van der Waals surface area (Å²) < 4.78 is 0. The number of rotatable bonds is 7. The summed E-state index contributed by atoms with van der Waals surface area (Å²) in [6.07, 6.45) is -0.480. The molecule has 0 spiro atoms. The van der Waals surface area contributed by atoms with Gasteiger partial charge in [0.2, 0.25) is 0 Å². The van der Waals surface area contributed by atoms with Crippen molar-refractivity contribution >= 4 is 11.9 Å². The lowest BCUT2D eigenvalue weighted by molar-refractivity contribution is -0.145. The molecule has 0 bridgehead atoms. The van der Waals surface area contributed by atoms with E-state index < -0.39 is 24.4 Å². The number of carbonyl (C=O) groups is 2. The number of aliphatic carboxylic acids is 2. The average molecular weight is 205 g/mol. The smallest absolute Gasteiger partial charge is 0.321 e. The Labute approximate surface area is 81.1 Å². The van der Waals surface area contributed by atoms with Crippen molar-refractivity contribution in [2.45, 2.75) is 18.5 Å². The van der Waals surface area contributed by atoms with Crippen LogP contribution < -0.4 is 16.8 Å². The molecule has 7 nitrogen and oxygen atoms in total. The number of nitrogens with two attached hydrogens (primary N) is 2. The summed E-state index contributed by atoms with van der Waals surface area (Å²) >= 11 is 0. The molecule has 0 radical (unpaired) electrons. The third kappa shape index (κ3) is 5.46. The van der Waals surface area contributed by atoms with Gasteiger partial charge in [-0.25, -0.2) is 0 Å². The van der Waals surface area contributed by atoms with Crippen molar-refractivity contribution in [2.24, 2.45) is 11.5 Å². The lowest BCUT2D eigenvalue weighted by Crippen LogP contribution is -2.47. The molecule has 7 N–H and O–H groups in total. The maximum atomic E-state index is 10.5. The fourth-order valence-corrected chi connectivity index (χ4v) is 0.798. The van der Waals surface area contributed by atoms with Crippen molar-refractivity contribution in [1.82, 2.24) is 5.32 Å². The summed E-state index contributed by atoms with van der Waals surface area (Å²) in [4.78, 5) is 20.8. The standard InChI is InChI=1S/C7H15N3O4/c8-2-4(9)3-10-5(7(13)14)1-6(11)12/h4-5,10H,1-3,8-9H2,(H,11,12)(H,13,14)/t4-,5-/m0/s1. The predicted octanol–water partition coefficient (Wildman–Crippen LogP) is -2.21. The van der Waals surface area contributed by atoms with Crippen molar-refractivity contribution in [2.75, 3.05) is 13.1 Å². The second kappa shape index (κ2) is 6.30. The first-order valence-electron chi connectivity index (χ1n) is 4.11. The Morgan fingerprint density at radius 1 is 1.36 bits per heavy atom. The number of nitrogens with one attached hydrogen (secondary N) is 1. The van der Waals surface area contributed by atoms with Gasteiger partial charge in [0.1, 0.15) is 6.04 Å². The van der Waals surface area contributed by atoms with E-state index >= 15 is 0 Å². The fourth-order valence-electron chi connectivity index (χ4n) is 0.798. The first-order valence-corrected chi connectivity index (χ1v) is 4.11. The maximum absolute atomic E-state index is 10.5. The third-order valence-corrected chi connectivity index (χ3v) is 1.61. The number of carboxylic acids is 2. The lowest BCUT2D eigenvalue weighted by atomic mass is 10.2. The summed E-state index contributed by atoms with van der Waals surface area (Å²) in [6.45, 7) is 0.396. The van der Waals surface area contributed by atoms with Crippen LogP contribution in [-0.2, 0) is 9.59 Å². The highest BCUT2D eigenvalue weighted by atomic mass is 16.4. The van der Waals surface area contributed by atoms with Gasteiger partial charge in [0.15, 0.2) is 0 Å². The molecule has 0 fully saturated rings. The van der Waals surface area contributed by atoms with Gasteiger partial charge in [-0.05, 0) is 0 Å². The zero-order valence-corrected chi connectivity index (χ0v) is 7.64. The van der Waals surface area contributed by atoms with E-state index in [0.29, 0.717) is 0 Å². The molecule has 14 heavy (non-hydrogen) atoms. The zero-order chi connectivity index (χ0) is 11.1. The molecule has 0 unspecified atom stereocenters. The molecule has 0 aliphatic rings. The molecule has 0 aromatic heterocycles. The Morgan fingerprint density at radius 3 is 2.29 bits per heavy atom. The van der Waals surface area contributed by atoms with Gasteiger partial charge >= 0.3 is 11.9 Å². The van der Waals surface area contributed by atoms with Crippen LogP contribution in [0, 0.1) is 0 Å². The minimum Gasteiger partial charge on any atom is -0.481 e. The van der Waals surface area contributed by atoms with E-state index in [9.17, 15) is 9.59 Å². The summed E-state index contributed by atoms with van der Waals surface area (Å²) in [5.41, 5.74) is 10.6. The molecule has 0 heterocycles. The first-order chi connectivity index (χ1) is 6.47. The fraction of sp³-hybridized carbons (Fsp3) is 0.714. The number of carboxylic acid groups (broad SMARTS) is 2. The van der Waals surface area contributed by atoms with Gasteiger partial charge in [0.05, 0.1) is 6.42 Å². The van der Waals surface area contributed by atoms with E-state index in [4.69, 9.17) is 21.7 Å². The van der Waals surface area contributed by atoms with E-state index in [2.05, 4.69) is 5.32 Å². The number of hydrogen-bond donors (Lipinski definition) is 5. The maximum Gasteiger partial charge on any atom is 0.321 e. The van der Waals surface area contributed by atoms with Gasteiger partial charge in [-0.3, -0.25) is 9.59 Å². The highest BCUT2D eigenvalue weighted by Gasteiger charge is 2.20. The average Bonchev–Trinajstić information content (AvgIpc) is 2.10. The van der Waals surface area contributed by atoms with Crippen molar-refractivity contribution < 1.29 is 19.8 Å². The summed E-state index contributed by atoms with van der Waals surface area (Å²) in [7, 11) is 0. The van der Waals surface area contributed by atoms with Gasteiger partial charge in [0.25, 0.3) is 0 Å². The monoisotopic (exact) mass is 205 g/mol. The minimum atomic E-state index is -1.21. The molecule has 0 saturated heterocycles. The lowest BCUT2D eigenvalue weighted by Gasteiger charge is -2.15. The van der Waals surface area contributed by atoms with Gasteiger partial charge in [-0.2, -0.15) is 0 Å². The van der Waals surface area contributed by atoms with Crippen LogP contribution in [0.3, 0.4) is 0 Å². The molecule has 0 aromatic rings. The van der Waals surface area contributed by atoms with Gasteiger partial charge in [-0.15, -0.1) is 0 Å².